The first-order chi connectivity index (χ1) is 9.77. The summed E-state index contributed by atoms with van der Waals surface area (Å²) in [6.07, 6.45) is 6.73. The maximum absolute atomic E-state index is 12.6. The van der Waals surface area contributed by atoms with Crippen LogP contribution >= 0.6 is 0 Å². The van der Waals surface area contributed by atoms with Crippen molar-refractivity contribution in [2.75, 3.05) is 19.3 Å². The molecule has 1 heterocycles. The Bertz CT molecular complexity index is 560. The fourth-order valence-corrected chi connectivity index (χ4v) is 4.17. The summed E-state index contributed by atoms with van der Waals surface area (Å²) in [6.45, 7) is 0.630. The molecule has 2 aliphatic rings. The number of allylic oxidation sites excluding steroid dienone is 2. The third kappa shape index (κ3) is 3.12. The SMILES string of the molecule is CS(=O)(=O)C1CCN(C(=O)C2(C(=O)O)CC=CCC2)CC1. The zero-order chi connectivity index (χ0) is 15.7. The normalized spacial score (nSPS) is 27.6. The van der Waals surface area contributed by atoms with E-state index in [0.717, 1.165) is 0 Å². The largest absolute Gasteiger partial charge is 0.480 e. The smallest absolute Gasteiger partial charge is 0.319 e. The van der Waals surface area contributed by atoms with Gasteiger partial charge in [-0.3, -0.25) is 9.59 Å². The van der Waals surface area contributed by atoms with Crippen molar-refractivity contribution in [1.29, 1.82) is 0 Å². The lowest BCUT2D eigenvalue weighted by atomic mass is 9.75. The van der Waals surface area contributed by atoms with E-state index in [9.17, 15) is 23.1 Å². The molecule has 0 saturated carbocycles. The van der Waals surface area contributed by atoms with E-state index in [2.05, 4.69) is 0 Å². The van der Waals surface area contributed by atoms with E-state index in [1.54, 1.807) is 6.08 Å². The molecule has 0 aromatic carbocycles. The Balaban J connectivity index is 2.10. The number of rotatable bonds is 3. The second-order valence-electron chi connectivity index (χ2n) is 5.92. The minimum atomic E-state index is -3.10. The highest BCUT2D eigenvalue weighted by atomic mass is 32.2. The van der Waals surface area contributed by atoms with Gasteiger partial charge < -0.3 is 10.0 Å². The lowest BCUT2D eigenvalue weighted by Crippen LogP contribution is -2.52. The average molecular weight is 315 g/mol. The number of carbonyl (C=O) groups excluding carboxylic acids is 1. The average Bonchev–Trinajstić information content (AvgIpc) is 2.46. The van der Waals surface area contributed by atoms with Crippen LogP contribution in [0.15, 0.2) is 12.2 Å². The van der Waals surface area contributed by atoms with E-state index in [1.165, 1.54) is 11.2 Å². The second kappa shape index (κ2) is 5.79. The first-order valence-corrected chi connectivity index (χ1v) is 9.09. The van der Waals surface area contributed by atoms with Crippen molar-refractivity contribution >= 4 is 21.7 Å². The molecule has 7 heteroatoms. The van der Waals surface area contributed by atoms with Crippen molar-refractivity contribution in [3.8, 4) is 0 Å². The van der Waals surface area contributed by atoms with Crippen LogP contribution in [0.4, 0.5) is 0 Å². The zero-order valence-corrected chi connectivity index (χ0v) is 12.9. The molecule has 1 aliphatic carbocycles. The van der Waals surface area contributed by atoms with Crippen molar-refractivity contribution < 1.29 is 23.1 Å². The maximum atomic E-state index is 12.6. The summed E-state index contributed by atoms with van der Waals surface area (Å²) in [5.74, 6) is -1.45. The van der Waals surface area contributed by atoms with Crippen LogP contribution in [0.5, 0.6) is 0 Å². The summed E-state index contributed by atoms with van der Waals surface area (Å²) in [7, 11) is -3.10. The number of carboxylic acids is 1. The molecule has 1 aliphatic heterocycles. The van der Waals surface area contributed by atoms with Crippen molar-refractivity contribution in [3.63, 3.8) is 0 Å². The Morgan fingerprint density at radius 2 is 1.86 bits per heavy atom. The number of carbonyl (C=O) groups is 2. The number of likely N-dealkylation sites (tertiary alicyclic amines) is 1. The molecule has 0 aromatic rings. The monoisotopic (exact) mass is 315 g/mol. The lowest BCUT2D eigenvalue weighted by molar-refractivity contribution is -0.162. The lowest BCUT2D eigenvalue weighted by Gasteiger charge is -2.38. The number of nitrogens with zero attached hydrogens (tertiary/aromatic N) is 1. The Hall–Kier alpha value is -1.37. The summed E-state index contributed by atoms with van der Waals surface area (Å²) in [5, 5.41) is 9.07. The number of hydrogen-bond acceptors (Lipinski definition) is 4. The Morgan fingerprint density at radius 3 is 2.29 bits per heavy atom. The van der Waals surface area contributed by atoms with Gasteiger partial charge in [-0.1, -0.05) is 12.2 Å². The Labute approximate surface area is 124 Å². The molecular weight excluding hydrogens is 294 g/mol. The molecule has 0 bridgehead atoms. The number of sulfone groups is 1. The van der Waals surface area contributed by atoms with Crippen LogP contribution in [0.1, 0.15) is 32.1 Å². The van der Waals surface area contributed by atoms with E-state index >= 15 is 0 Å². The summed E-state index contributed by atoms with van der Waals surface area (Å²) >= 11 is 0. The first kappa shape index (κ1) is 16.0. The van der Waals surface area contributed by atoms with Crippen LogP contribution in [0.3, 0.4) is 0 Å². The third-order valence-corrected chi connectivity index (χ3v) is 6.21. The van der Waals surface area contributed by atoms with Gasteiger partial charge in [0, 0.05) is 19.3 Å². The van der Waals surface area contributed by atoms with Gasteiger partial charge in [0.1, 0.15) is 15.3 Å². The molecule has 0 radical (unpaired) electrons. The third-order valence-electron chi connectivity index (χ3n) is 4.52. The van der Waals surface area contributed by atoms with E-state index in [1.807, 2.05) is 6.08 Å². The van der Waals surface area contributed by atoms with E-state index < -0.39 is 26.5 Å². The molecule has 118 valence electrons. The molecule has 0 aromatic heterocycles. The highest BCUT2D eigenvalue weighted by Crippen LogP contribution is 2.36. The van der Waals surface area contributed by atoms with E-state index in [-0.39, 0.29) is 12.3 Å². The summed E-state index contributed by atoms with van der Waals surface area (Å²) in [6, 6.07) is 0. The van der Waals surface area contributed by atoms with Gasteiger partial charge in [-0.15, -0.1) is 0 Å². The van der Waals surface area contributed by atoms with Gasteiger partial charge in [0.2, 0.25) is 5.91 Å². The fraction of sp³-hybridized carbons (Fsp3) is 0.714. The maximum Gasteiger partial charge on any atom is 0.319 e. The van der Waals surface area contributed by atoms with Crippen LogP contribution in [-0.2, 0) is 19.4 Å². The highest BCUT2D eigenvalue weighted by molar-refractivity contribution is 7.91. The standard InChI is InChI=1S/C14H21NO5S/c1-21(19,20)11-5-9-15(10-6-11)12(16)14(13(17)18)7-3-2-4-8-14/h2-3,11H,4-10H2,1H3,(H,17,18). The Morgan fingerprint density at radius 1 is 1.24 bits per heavy atom. The molecule has 1 atom stereocenters. The number of aliphatic carboxylic acids is 1. The van der Waals surface area contributed by atoms with Gasteiger partial charge in [-0.2, -0.15) is 0 Å². The van der Waals surface area contributed by atoms with Crippen molar-refractivity contribution in [2.24, 2.45) is 5.41 Å². The summed E-state index contributed by atoms with van der Waals surface area (Å²) in [4.78, 5) is 25.8. The van der Waals surface area contributed by atoms with Gasteiger partial charge in [0.15, 0.2) is 0 Å². The topological polar surface area (TPSA) is 91.8 Å². The molecule has 6 nitrogen and oxygen atoms in total. The molecule has 21 heavy (non-hydrogen) atoms. The first-order valence-electron chi connectivity index (χ1n) is 7.14. The van der Waals surface area contributed by atoms with Gasteiger partial charge in [-0.25, -0.2) is 8.42 Å². The van der Waals surface area contributed by atoms with Crippen LogP contribution in [0.25, 0.3) is 0 Å². The minimum absolute atomic E-state index is 0.215. The van der Waals surface area contributed by atoms with Crippen LogP contribution in [0.2, 0.25) is 0 Å². The molecular formula is C14H21NO5S. The molecule has 1 saturated heterocycles. The number of hydrogen-bond donors (Lipinski definition) is 1. The van der Waals surface area contributed by atoms with Gasteiger partial charge in [-0.05, 0) is 32.1 Å². The summed E-state index contributed by atoms with van der Waals surface area (Å²) < 4.78 is 23.1. The van der Waals surface area contributed by atoms with Gasteiger partial charge >= 0.3 is 5.97 Å². The van der Waals surface area contributed by atoms with Crippen LogP contribution in [-0.4, -0.2) is 54.9 Å². The van der Waals surface area contributed by atoms with Crippen molar-refractivity contribution in [2.45, 2.75) is 37.4 Å². The predicted molar refractivity (Wildman–Crippen MR) is 77.5 cm³/mol. The zero-order valence-electron chi connectivity index (χ0n) is 12.1. The van der Waals surface area contributed by atoms with Crippen molar-refractivity contribution in [3.05, 3.63) is 12.2 Å². The van der Waals surface area contributed by atoms with E-state index in [0.29, 0.717) is 38.8 Å². The predicted octanol–water partition coefficient (Wildman–Crippen LogP) is 0.833. The van der Waals surface area contributed by atoms with Crippen LogP contribution < -0.4 is 0 Å². The molecule has 1 fully saturated rings. The van der Waals surface area contributed by atoms with Crippen LogP contribution in [0, 0.1) is 5.41 Å². The molecule has 1 N–H and O–H groups in total. The molecule has 1 unspecified atom stereocenters. The van der Waals surface area contributed by atoms with Gasteiger partial charge in [0.05, 0.1) is 5.25 Å². The second-order valence-corrected chi connectivity index (χ2v) is 8.25. The van der Waals surface area contributed by atoms with Crippen molar-refractivity contribution in [1.82, 2.24) is 4.90 Å². The molecule has 2 rings (SSSR count). The number of amides is 1. The number of piperidine rings is 1. The molecule has 0 spiro atoms. The quantitative estimate of drug-likeness (QED) is 0.615. The molecule has 1 amide bonds. The minimum Gasteiger partial charge on any atom is -0.480 e. The Kier molecular flexibility index (Phi) is 4.41. The number of carboxylic acid groups (broad SMARTS) is 1. The summed E-state index contributed by atoms with van der Waals surface area (Å²) in [5.41, 5.74) is -1.37. The van der Waals surface area contributed by atoms with Gasteiger partial charge in [0.25, 0.3) is 0 Å². The fourth-order valence-electron chi connectivity index (χ4n) is 3.10. The highest BCUT2D eigenvalue weighted by Gasteiger charge is 2.48. The van der Waals surface area contributed by atoms with E-state index in [4.69, 9.17) is 0 Å².